The van der Waals surface area contributed by atoms with Crippen molar-refractivity contribution in [1.82, 2.24) is 9.59 Å². The molecule has 0 aliphatic heterocycles. The van der Waals surface area contributed by atoms with E-state index in [4.69, 9.17) is 16.7 Å². The second-order valence-electron chi connectivity index (χ2n) is 2.31. The summed E-state index contributed by atoms with van der Waals surface area (Å²) >= 11 is 7.10. The Hall–Kier alpha value is -0.710. The average Bonchev–Trinajstić information content (AvgIpc) is 2.52. The molecule has 1 aromatic carbocycles. The van der Waals surface area contributed by atoms with E-state index in [1.165, 1.54) is 11.5 Å². The molecule has 3 nitrogen and oxygen atoms in total. The predicted molar refractivity (Wildman–Crippen MR) is 48.3 cm³/mol. The first-order valence-corrected chi connectivity index (χ1v) is 4.48. The minimum atomic E-state index is -0.0694. The quantitative estimate of drug-likeness (QED) is 0.764. The van der Waals surface area contributed by atoms with Crippen LogP contribution < -0.4 is 0 Å². The molecule has 2 rings (SSSR count). The number of halogens is 1. The van der Waals surface area contributed by atoms with Crippen LogP contribution in [0.25, 0.3) is 10.2 Å². The fraction of sp³-hybridized carbons (Fsp3) is 0.143. The summed E-state index contributed by atoms with van der Waals surface area (Å²) in [5, 5.41) is 13.4. The van der Waals surface area contributed by atoms with Gasteiger partial charge in [-0.3, -0.25) is 0 Å². The Morgan fingerprint density at radius 1 is 1.50 bits per heavy atom. The summed E-state index contributed by atoms with van der Waals surface area (Å²) in [5.41, 5.74) is 1.50. The van der Waals surface area contributed by atoms with Crippen LogP contribution >= 0.6 is 23.1 Å². The van der Waals surface area contributed by atoms with E-state index >= 15 is 0 Å². The molecule has 0 bridgehead atoms. The molecule has 12 heavy (non-hydrogen) atoms. The van der Waals surface area contributed by atoms with Crippen molar-refractivity contribution in [3.63, 3.8) is 0 Å². The van der Waals surface area contributed by atoms with Gasteiger partial charge in [-0.25, -0.2) is 0 Å². The summed E-state index contributed by atoms with van der Waals surface area (Å²) < 4.78 is 4.64. The lowest BCUT2D eigenvalue weighted by Crippen LogP contribution is -1.84. The van der Waals surface area contributed by atoms with Gasteiger partial charge in [0.1, 0.15) is 5.52 Å². The first kappa shape index (κ1) is 7.91. The van der Waals surface area contributed by atoms with Gasteiger partial charge in [-0.1, -0.05) is 16.1 Å². The van der Waals surface area contributed by atoms with Crippen molar-refractivity contribution < 1.29 is 5.11 Å². The molecular formula is C7H5ClN2OS. The van der Waals surface area contributed by atoms with Crippen molar-refractivity contribution in [2.45, 2.75) is 6.61 Å². The smallest absolute Gasteiger partial charge is 0.106 e. The molecule has 62 valence electrons. The van der Waals surface area contributed by atoms with E-state index in [-0.39, 0.29) is 6.61 Å². The Morgan fingerprint density at radius 2 is 2.33 bits per heavy atom. The monoisotopic (exact) mass is 200 g/mol. The van der Waals surface area contributed by atoms with Crippen molar-refractivity contribution in [1.29, 1.82) is 0 Å². The van der Waals surface area contributed by atoms with Crippen LogP contribution in [0, 0.1) is 0 Å². The highest BCUT2D eigenvalue weighted by Crippen LogP contribution is 2.27. The van der Waals surface area contributed by atoms with Crippen molar-refractivity contribution in [3.05, 3.63) is 22.7 Å². The summed E-state index contributed by atoms with van der Waals surface area (Å²) in [7, 11) is 0. The van der Waals surface area contributed by atoms with Gasteiger partial charge < -0.3 is 5.11 Å². The molecule has 0 aliphatic carbocycles. The number of aromatic nitrogens is 2. The van der Waals surface area contributed by atoms with Crippen LogP contribution in [0.2, 0.25) is 5.02 Å². The largest absolute Gasteiger partial charge is 0.392 e. The molecule has 0 atom stereocenters. The molecule has 0 fully saturated rings. The first-order chi connectivity index (χ1) is 5.83. The third kappa shape index (κ3) is 1.08. The number of benzene rings is 1. The number of hydrogen-bond donors (Lipinski definition) is 1. The van der Waals surface area contributed by atoms with E-state index in [1.54, 1.807) is 12.1 Å². The lowest BCUT2D eigenvalue weighted by molar-refractivity contribution is 0.283. The summed E-state index contributed by atoms with van der Waals surface area (Å²) in [6.07, 6.45) is 0. The molecule has 0 radical (unpaired) electrons. The second-order valence-corrected chi connectivity index (χ2v) is 3.47. The maximum Gasteiger partial charge on any atom is 0.106 e. The van der Waals surface area contributed by atoms with Gasteiger partial charge in [-0.05, 0) is 23.7 Å². The highest BCUT2D eigenvalue weighted by molar-refractivity contribution is 7.13. The molecule has 0 amide bonds. The number of fused-ring (bicyclic) bond motifs is 1. The molecule has 0 saturated carbocycles. The van der Waals surface area contributed by atoms with E-state index in [0.717, 1.165) is 10.2 Å². The Balaban J connectivity index is 2.83. The van der Waals surface area contributed by atoms with Gasteiger partial charge in [0.25, 0.3) is 0 Å². The van der Waals surface area contributed by atoms with Crippen LogP contribution in [0.4, 0.5) is 0 Å². The summed E-state index contributed by atoms with van der Waals surface area (Å²) in [6.45, 7) is -0.0694. The van der Waals surface area contributed by atoms with Crippen LogP contribution in [0.5, 0.6) is 0 Å². The van der Waals surface area contributed by atoms with Gasteiger partial charge in [0.05, 0.1) is 11.3 Å². The van der Waals surface area contributed by atoms with Gasteiger partial charge in [0, 0.05) is 10.6 Å². The number of rotatable bonds is 1. The Bertz CT molecular complexity index is 415. The lowest BCUT2D eigenvalue weighted by atomic mass is 10.2. The maximum absolute atomic E-state index is 9.00. The van der Waals surface area contributed by atoms with E-state index < -0.39 is 0 Å². The van der Waals surface area contributed by atoms with Crippen LogP contribution in [0.1, 0.15) is 5.56 Å². The van der Waals surface area contributed by atoms with Gasteiger partial charge in [-0.2, -0.15) is 0 Å². The van der Waals surface area contributed by atoms with Crippen molar-refractivity contribution >= 4 is 33.4 Å². The number of hydrogen-bond acceptors (Lipinski definition) is 4. The van der Waals surface area contributed by atoms with E-state index in [1.807, 2.05) is 0 Å². The molecule has 1 N–H and O–H groups in total. The number of nitrogens with zero attached hydrogens (tertiary/aromatic N) is 2. The van der Waals surface area contributed by atoms with Crippen LogP contribution in [-0.2, 0) is 6.61 Å². The Kier molecular flexibility index (Phi) is 1.96. The molecular weight excluding hydrogens is 196 g/mol. The van der Waals surface area contributed by atoms with E-state index in [9.17, 15) is 0 Å². The summed E-state index contributed by atoms with van der Waals surface area (Å²) in [4.78, 5) is 0. The molecule has 1 heterocycles. The van der Waals surface area contributed by atoms with Gasteiger partial charge in [-0.15, -0.1) is 5.10 Å². The Morgan fingerprint density at radius 3 is 3.08 bits per heavy atom. The SMILES string of the molecule is OCc1c(Cl)ccc2nnsc12. The fourth-order valence-corrected chi connectivity index (χ4v) is 2.00. The third-order valence-corrected chi connectivity index (χ3v) is 2.78. The zero-order valence-corrected chi connectivity index (χ0v) is 7.56. The third-order valence-electron chi connectivity index (χ3n) is 1.62. The highest BCUT2D eigenvalue weighted by Gasteiger charge is 2.07. The first-order valence-electron chi connectivity index (χ1n) is 3.33. The summed E-state index contributed by atoms with van der Waals surface area (Å²) in [5.74, 6) is 0. The Labute approximate surface area is 77.8 Å². The normalized spacial score (nSPS) is 10.8. The molecule has 0 spiro atoms. The van der Waals surface area contributed by atoms with Gasteiger partial charge in [0.2, 0.25) is 0 Å². The van der Waals surface area contributed by atoms with Crippen LogP contribution in [0.15, 0.2) is 12.1 Å². The topological polar surface area (TPSA) is 46.0 Å². The molecule has 0 aliphatic rings. The van der Waals surface area contributed by atoms with Gasteiger partial charge in [0.15, 0.2) is 0 Å². The lowest BCUT2D eigenvalue weighted by Gasteiger charge is -1.98. The van der Waals surface area contributed by atoms with Crippen LogP contribution in [-0.4, -0.2) is 14.7 Å². The number of aliphatic hydroxyl groups is 1. The highest BCUT2D eigenvalue weighted by atomic mass is 35.5. The van der Waals surface area contributed by atoms with Crippen LogP contribution in [0.3, 0.4) is 0 Å². The molecule has 5 heteroatoms. The summed E-state index contributed by atoms with van der Waals surface area (Å²) in [6, 6.07) is 3.51. The minimum absolute atomic E-state index is 0.0694. The van der Waals surface area contributed by atoms with E-state index in [2.05, 4.69) is 9.59 Å². The van der Waals surface area contributed by atoms with Crippen molar-refractivity contribution in [3.8, 4) is 0 Å². The average molecular weight is 201 g/mol. The zero-order valence-electron chi connectivity index (χ0n) is 5.99. The van der Waals surface area contributed by atoms with Crippen molar-refractivity contribution in [2.75, 3.05) is 0 Å². The van der Waals surface area contributed by atoms with Gasteiger partial charge >= 0.3 is 0 Å². The second kappa shape index (κ2) is 2.97. The van der Waals surface area contributed by atoms with E-state index in [0.29, 0.717) is 10.6 Å². The van der Waals surface area contributed by atoms with Crippen molar-refractivity contribution in [2.24, 2.45) is 0 Å². The molecule has 0 saturated heterocycles. The molecule has 1 aromatic heterocycles. The standard InChI is InChI=1S/C7H5ClN2OS/c8-5-1-2-6-7(4(5)3-11)12-10-9-6/h1-2,11H,3H2. The predicted octanol–water partition coefficient (Wildman–Crippen LogP) is 1.84. The number of aliphatic hydroxyl groups excluding tert-OH is 1. The minimum Gasteiger partial charge on any atom is -0.392 e. The molecule has 0 unspecified atom stereocenters. The maximum atomic E-state index is 9.00. The molecule has 2 aromatic rings. The fourth-order valence-electron chi connectivity index (χ4n) is 1.02. The zero-order chi connectivity index (χ0) is 8.55.